The maximum atomic E-state index is 13.2. The monoisotopic (exact) mass is 404 g/mol. The molecule has 4 rings (SSSR count). The van der Waals surface area contributed by atoms with E-state index < -0.39 is 12.2 Å². The lowest BCUT2D eigenvalue weighted by atomic mass is 9.44. The van der Waals surface area contributed by atoms with E-state index in [1.807, 2.05) is 0 Å². The Morgan fingerprint density at radius 1 is 0.966 bits per heavy atom. The minimum atomic E-state index is -0.722. The standard InChI is InChI=1S/C26H44O3/c1-15(2)6-7-16(3)18-8-9-19-17-12-22(27)21-13-23(28)24(29)14-26(21,5)20(17)10-11-25(18,19)4/h15-21,23-24,28-29H,6-14H2,1-5H3/t16?,17-,18+,19-,20-,21+,23-,24+,25+,26+/m0/s1. The lowest BCUT2D eigenvalue weighted by Gasteiger charge is -2.61. The fourth-order valence-electron chi connectivity index (χ4n) is 8.84. The third-order valence-electron chi connectivity index (χ3n) is 10.4. The highest BCUT2D eigenvalue weighted by atomic mass is 16.3. The molecule has 2 N–H and O–H groups in total. The summed E-state index contributed by atoms with van der Waals surface area (Å²) in [6.45, 7) is 12.0. The zero-order valence-corrected chi connectivity index (χ0v) is 19.4. The van der Waals surface area contributed by atoms with Crippen molar-refractivity contribution >= 4 is 5.78 Å². The molecule has 166 valence electrons. The molecule has 10 atom stereocenters. The highest BCUT2D eigenvalue weighted by molar-refractivity contribution is 5.83. The van der Waals surface area contributed by atoms with E-state index in [4.69, 9.17) is 0 Å². The van der Waals surface area contributed by atoms with Gasteiger partial charge < -0.3 is 10.2 Å². The van der Waals surface area contributed by atoms with Gasteiger partial charge in [0.2, 0.25) is 0 Å². The number of hydrogen-bond donors (Lipinski definition) is 2. The molecule has 3 nitrogen and oxygen atoms in total. The molecule has 0 spiro atoms. The highest BCUT2D eigenvalue weighted by Crippen LogP contribution is 2.67. The van der Waals surface area contributed by atoms with E-state index in [1.54, 1.807) is 0 Å². The summed E-state index contributed by atoms with van der Waals surface area (Å²) < 4.78 is 0. The summed E-state index contributed by atoms with van der Waals surface area (Å²) in [4.78, 5) is 13.2. The van der Waals surface area contributed by atoms with Gasteiger partial charge in [-0.1, -0.05) is 47.5 Å². The Morgan fingerprint density at radius 3 is 2.34 bits per heavy atom. The smallest absolute Gasteiger partial charge is 0.136 e. The van der Waals surface area contributed by atoms with Gasteiger partial charge in [0.15, 0.2) is 0 Å². The topological polar surface area (TPSA) is 57.5 Å². The highest BCUT2D eigenvalue weighted by Gasteiger charge is 2.63. The van der Waals surface area contributed by atoms with Crippen molar-refractivity contribution in [3.63, 3.8) is 0 Å². The third-order valence-corrected chi connectivity index (χ3v) is 10.4. The number of hydrogen-bond acceptors (Lipinski definition) is 3. The van der Waals surface area contributed by atoms with Crippen molar-refractivity contribution in [3.8, 4) is 0 Å². The van der Waals surface area contributed by atoms with E-state index in [1.165, 1.54) is 38.5 Å². The SMILES string of the molecule is CC(C)CCC(C)[C@H]1CC[C@H]2[C@@H]3CC(=O)[C@H]4C[C@H](O)[C@H](O)C[C@]4(C)[C@H]3CC[C@]12C. The minimum absolute atomic E-state index is 0.0475. The van der Waals surface area contributed by atoms with Crippen LogP contribution in [-0.4, -0.2) is 28.2 Å². The molecule has 0 aromatic carbocycles. The molecule has 0 amide bonds. The molecule has 0 heterocycles. The lowest BCUT2D eigenvalue weighted by Crippen LogP contribution is -2.59. The molecule has 0 aromatic heterocycles. The average molecular weight is 405 g/mol. The number of rotatable bonds is 4. The van der Waals surface area contributed by atoms with Crippen LogP contribution < -0.4 is 0 Å². The van der Waals surface area contributed by atoms with Crippen LogP contribution in [0.1, 0.15) is 92.4 Å². The molecule has 29 heavy (non-hydrogen) atoms. The second kappa shape index (κ2) is 7.62. The number of Topliss-reactive ketones (excluding diaryl/α,β-unsaturated/α-hetero) is 1. The van der Waals surface area contributed by atoms with Crippen LogP contribution in [0.15, 0.2) is 0 Å². The van der Waals surface area contributed by atoms with E-state index in [2.05, 4.69) is 34.6 Å². The number of aliphatic hydroxyl groups is 2. The average Bonchev–Trinajstić information content (AvgIpc) is 2.99. The Bertz CT molecular complexity index is 629. The Kier molecular flexibility index (Phi) is 5.73. The van der Waals surface area contributed by atoms with Crippen LogP contribution in [0, 0.1) is 52.3 Å². The summed E-state index contributed by atoms with van der Waals surface area (Å²) in [6.07, 6.45) is 8.17. The first-order valence-corrected chi connectivity index (χ1v) is 12.5. The van der Waals surface area contributed by atoms with Crippen molar-refractivity contribution in [2.24, 2.45) is 52.3 Å². The molecule has 0 bridgehead atoms. The Hall–Kier alpha value is -0.410. The van der Waals surface area contributed by atoms with Crippen LogP contribution in [0.2, 0.25) is 0 Å². The number of ketones is 1. The van der Waals surface area contributed by atoms with Gasteiger partial charge in [-0.3, -0.25) is 4.79 Å². The summed E-state index contributed by atoms with van der Waals surface area (Å²) >= 11 is 0. The van der Waals surface area contributed by atoms with E-state index in [9.17, 15) is 15.0 Å². The van der Waals surface area contributed by atoms with Gasteiger partial charge in [-0.25, -0.2) is 0 Å². The normalized spacial score (nSPS) is 50.8. The predicted molar refractivity (Wildman–Crippen MR) is 116 cm³/mol. The summed E-state index contributed by atoms with van der Waals surface area (Å²) in [7, 11) is 0. The molecule has 0 aliphatic heterocycles. The lowest BCUT2D eigenvalue weighted by molar-refractivity contribution is -0.173. The Balaban J connectivity index is 1.56. The van der Waals surface area contributed by atoms with Crippen LogP contribution >= 0.6 is 0 Å². The number of carbonyl (C=O) groups is 1. The fourth-order valence-corrected chi connectivity index (χ4v) is 8.84. The second-order valence-electron chi connectivity index (χ2n) is 12.4. The van der Waals surface area contributed by atoms with Crippen molar-refractivity contribution in [3.05, 3.63) is 0 Å². The summed E-state index contributed by atoms with van der Waals surface area (Å²) in [5, 5.41) is 20.7. The first kappa shape index (κ1) is 21.8. The van der Waals surface area contributed by atoms with Gasteiger partial charge in [0.05, 0.1) is 12.2 Å². The van der Waals surface area contributed by atoms with Gasteiger partial charge >= 0.3 is 0 Å². The van der Waals surface area contributed by atoms with Crippen molar-refractivity contribution in [1.82, 2.24) is 0 Å². The van der Waals surface area contributed by atoms with Crippen molar-refractivity contribution in [2.45, 2.75) is 105 Å². The van der Waals surface area contributed by atoms with Gasteiger partial charge in [-0.15, -0.1) is 0 Å². The predicted octanol–water partition coefficient (Wildman–Crippen LogP) is 5.23. The second-order valence-corrected chi connectivity index (χ2v) is 12.4. The van der Waals surface area contributed by atoms with Crippen LogP contribution in [0.5, 0.6) is 0 Å². The molecular weight excluding hydrogens is 360 g/mol. The molecule has 0 aromatic rings. The molecule has 4 fully saturated rings. The zero-order chi connectivity index (χ0) is 21.1. The van der Waals surface area contributed by atoms with E-state index in [-0.39, 0.29) is 11.3 Å². The van der Waals surface area contributed by atoms with Gasteiger partial charge in [-0.05, 0) is 84.9 Å². The van der Waals surface area contributed by atoms with Crippen LogP contribution in [0.3, 0.4) is 0 Å². The van der Waals surface area contributed by atoms with E-state index >= 15 is 0 Å². The zero-order valence-electron chi connectivity index (χ0n) is 19.4. The van der Waals surface area contributed by atoms with Crippen molar-refractivity contribution in [2.75, 3.05) is 0 Å². The summed E-state index contributed by atoms with van der Waals surface area (Å²) in [6, 6.07) is 0. The van der Waals surface area contributed by atoms with Gasteiger partial charge in [0, 0.05) is 12.3 Å². The molecule has 4 aliphatic carbocycles. The maximum absolute atomic E-state index is 13.2. The summed E-state index contributed by atoms with van der Waals surface area (Å²) in [5.74, 6) is 4.37. The molecule has 0 saturated heterocycles. The number of aliphatic hydroxyl groups excluding tert-OH is 2. The molecule has 1 unspecified atom stereocenters. The number of fused-ring (bicyclic) bond motifs is 5. The summed E-state index contributed by atoms with van der Waals surface area (Å²) in [5.41, 5.74) is 0.259. The third kappa shape index (κ3) is 3.43. The van der Waals surface area contributed by atoms with E-state index in [0.29, 0.717) is 41.8 Å². The molecular formula is C26H44O3. The van der Waals surface area contributed by atoms with Crippen molar-refractivity contribution in [1.29, 1.82) is 0 Å². The van der Waals surface area contributed by atoms with E-state index in [0.717, 1.165) is 24.2 Å². The Labute approximate surface area is 178 Å². The fraction of sp³-hybridized carbons (Fsp3) is 0.962. The molecule has 4 saturated carbocycles. The van der Waals surface area contributed by atoms with Gasteiger partial charge in [0.25, 0.3) is 0 Å². The van der Waals surface area contributed by atoms with Crippen LogP contribution in [0.25, 0.3) is 0 Å². The van der Waals surface area contributed by atoms with Gasteiger partial charge in [0.1, 0.15) is 5.78 Å². The molecule has 3 heteroatoms. The Morgan fingerprint density at radius 2 is 1.66 bits per heavy atom. The first-order chi connectivity index (χ1) is 13.6. The molecule has 0 radical (unpaired) electrons. The maximum Gasteiger partial charge on any atom is 0.136 e. The first-order valence-electron chi connectivity index (χ1n) is 12.5. The van der Waals surface area contributed by atoms with Gasteiger partial charge in [-0.2, -0.15) is 0 Å². The minimum Gasteiger partial charge on any atom is -0.390 e. The van der Waals surface area contributed by atoms with Crippen molar-refractivity contribution < 1.29 is 15.0 Å². The quantitative estimate of drug-likeness (QED) is 0.675. The van der Waals surface area contributed by atoms with Crippen LogP contribution in [0.4, 0.5) is 0 Å². The largest absolute Gasteiger partial charge is 0.390 e. The van der Waals surface area contributed by atoms with Crippen LogP contribution in [-0.2, 0) is 4.79 Å². The number of carbonyl (C=O) groups excluding carboxylic acids is 1. The molecule has 4 aliphatic rings.